The fraction of sp³-hybridized carbons (Fsp3) is 0.200. The minimum absolute atomic E-state index is 0.308. The number of pyridine rings is 1. The third-order valence-corrected chi connectivity index (χ3v) is 3.22. The molecule has 0 radical (unpaired) electrons. The number of hydrogen-bond donors (Lipinski definition) is 1. The number of para-hydroxylation sites is 1. The van der Waals surface area contributed by atoms with Gasteiger partial charge in [0.05, 0.1) is 6.54 Å². The van der Waals surface area contributed by atoms with Crippen molar-refractivity contribution in [2.45, 2.75) is 19.9 Å². The second-order valence-corrected chi connectivity index (χ2v) is 4.44. The van der Waals surface area contributed by atoms with Crippen LogP contribution in [0.3, 0.4) is 0 Å². The van der Waals surface area contributed by atoms with Crippen LogP contribution in [0.4, 0.5) is 0 Å². The van der Waals surface area contributed by atoms with Gasteiger partial charge in [0.15, 0.2) is 5.65 Å². The van der Waals surface area contributed by atoms with Crippen LogP contribution < -0.4 is 0 Å². The van der Waals surface area contributed by atoms with Crippen molar-refractivity contribution >= 4 is 11.2 Å². The van der Waals surface area contributed by atoms with Gasteiger partial charge in [-0.3, -0.25) is 0 Å². The van der Waals surface area contributed by atoms with E-state index in [9.17, 15) is 5.11 Å². The molecule has 19 heavy (non-hydrogen) atoms. The molecule has 4 nitrogen and oxygen atoms in total. The lowest BCUT2D eigenvalue weighted by atomic mass is 10.2. The van der Waals surface area contributed by atoms with E-state index in [2.05, 4.69) is 21.5 Å². The fourth-order valence-electron chi connectivity index (χ4n) is 2.26. The Hall–Kier alpha value is -2.36. The van der Waals surface area contributed by atoms with E-state index in [1.807, 2.05) is 30.3 Å². The van der Waals surface area contributed by atoms with Crippen LogP contribution in [-0.4, -0.2) is 19.6 Å². The largest absolute Gasteiger partial charge is 0.508 e. The molecule has 1 aromatic carbocycles. The summed E-state index contributed by atoms with van der Waals surface area (Å²) in [5, 5.41) is 9.89. The Morgan fingerprint density at radius 2 is 2.00 bits per heavy atom. The minimum Gasteiger partial charge on any atom is -0.508 e. The molecule has 0 amide bonds. The van der Waals surface area contributed by atoms with E-state index >= 15 is 0 Å². The summed E-state index contributed by atoms with van der Waals surface area (Å²) >= 11 is 0. The maximum Gasteiger partial charge on any atom is 0.160 e. The number of aromatic hydroxyl groups is 1. The van der Waals surface area contributed by atoms with Gasteiger partial charge in [0.25, 0.3) is 0 Å². The van der Waals surface area contributed by atoms with E-state index in [0.29, 0.717) is 12.3 Å². The Morgan fingerprint density at radius 1 is 1.16 bits per heavy atom. The molecule has 96 valence electrons. The van der Waals surface area contributed by atoms with Crippen LogP contribution in [0.15, 0.2) is 42.6 Å². The van der Waals surface area contributed by atoms with Gasteiger partial charge in [-0.2, -0.15) is 0 Å². The van der Waals surface area contributed by atoms with E-state index in [4.69, 9.17) is 0 Å². The number of aryl methyl sites for hydroxylation is 1. The second kappa shape index (κ2) is 4.72. The summed E-state index contributed by atoms with van der Waals surface area (Å²) in [6.45, 7) is 2.66. The third-order valence-electron chi connectivity index (χ3n) is 3.22. The molecule has 1 N–H and O–H groups in total. The first-order valence-electron chi connectivity index (χ1n) is 6.36. The molecule has 0 aliphatic carbocycles. The molecule has 0 aliphatic heterocycles. The Morgan fingerprint density at radius 3 is 2.79 bits per heavy atom. The van der Waals surface area contributed by atoms with Gasteiger partial charge in [-0.25, -0.2) is 9.97 Å². The highest BCUT2D eigenvalue weighted by atomic mass is 16.3. The molecular formula is C15H15N3O. The zero-order chi connectivity index (χ0) is 13.2. The summed E-state index contributed by atoms with van der Waals surface area (Å²) in [6.07, 6.45) is 2.61. The van der Waals surface area contributed by atoms with E-state index in [1.54, 1.807) is 12.3 Å². The predicted octanol–water partition coefficient (Wildman–Crippen LogP) is 2.75. The number of hydrogen-bond acceptors (Lipinski definition) is 3. The molecule has 0 atom stereocenters. The SMILES string of the molecule is CCc1nc2cccnc2n1Cc1ccccc1O. The summed E-state index contributed by atoms with van der Waals surface area (Å²) in [5.41, 5.74) is 2.64. The van der Waals surface area contributed by atoms with Gasteiger partial charge >= 0.3 is 0 Å². The summed E-state index contributed by atoms with van der Waals surface area (Å²) in [6, 6.07) is 11.2. The Balaban J connectivity index is 2.12. The van der Waals surface area contributed by atoms with Crippen LogP contribution in [0.25, 0.3) is 11.2 Å². The second-order valence-electron chi connectivity index (χ2n) is 4.44. The number of fused-ring (bicyclic) bond motifs is 1. The van der Waals surface area contributed by atoms with Gasteiger partial charge in [0, 0.05) is 18.2 Å². The van der Waals surface area contributed by atoms with E-state index in [-0.39, 0.29) is 0 Å². The first-order chi connectivity index (χ1) is 9.29. The summed E-state index contributed by atoms with van der Waals surface area (Å²) in [4.78, 5) is 8.97. The molecule has 2 aromatic heterocycles. The quantitative estimate of drug-likeness (QED) is 0.780. The Kier molecular flexibility index (Phi) is 2.91. The first-order valence-corrected chi connectivity index (χ1v) is 6.36. The molecule has 0 saturated heterocycles. The lowest BCUT2D eigenvalue weighted by molar-refractivity contribution is 0.465. The molecule has 4 heteroatoms. The molecule has 0 saturated carbocycles. The van der Waals surface area contributed by atoms with Gasteiger partial charge < -0.3 is 9.67 Å². The first kappa shape index (κ1) is 11.7. The van der Waals surface area contributed by atoms with Gasteiger partial charge in [0.1, 0.15) is 17.1 Å². The van der Waals surface area contributed by atoms with Crippen molar-refractivity contribution < 1.29 is 5.11 Å². The van der Waals surface area contributed by atoms with Crippen LogP contribution in [0.5, 0.6) is 5.75 Å². The van der Waals surface area contributed by atoms with Crippen LogP contribution >= 0.6 is 0 Å². The highest BCUT2D eigenvalue weighted by Crippen LogP contribution is 2.21. The maximum atomic E-state index is 9.89. The molecule has 3 aromatic rings. The number of nitrogens with zero attached hydrogens (tertiary/aromatic N) is 3. The monoisotopic (exact) mass is 253 g/mol. The number of imidazole rings is 1. The third kappa shape index (κ3) is 2.05. The molecule has 2 heterocycles. The molecular weight excluding hydrogens is 238 g/mol. The zero-order valence-corrected chi connectivity index (χ0v) is 10.7. The summed E-state index contributed by atoms with van der Waals surface area (Å²) in [5.74, 6) is 1.29. The average Bonchev–Trinajstić information content (AvgIpc) is 2.79. The van der Waals surface area contributed by atoms with Crippen molar-refractivity contribution in [1.29, 1.82) is 0 Å². The van der Waals surface area contributed by atoms with E-state index in [1.165, 1.54) is 0 Å². The number of benzene rings is 1. The summed E-state index contributed by atoms with van der Waals surface area (Å²) < 4.78 is 2.06. The van der Waals surface area contributed by atoms with E-state index in [0.717, 1.165) is 29.0 Å². The molecule has 3 rings (SSSR count). The predicted molar refractivity (Wildman–Crippen MR) is 74.1 cm³/mol. The highest BCUT2D eigenvalue weighted by Gasteiger charge is 2.11. The minimum atomic E-state index is 0.308. The normalized spacial score (nSPS) is 11.0. The lowest BCUT2D eigenvalue weighted by Crippen LogP contribution is -2.05. The van der Waals surface area contributed by atoms with Crippen LogP contribution in [0, 0.1) is 0 Å². The fourth-order valence-corrected chi connectivity index (χ4v) is 2.26. The van der Waals surface area contributed by atoms with Gasteiger partial charge in [-0.15, -0.1) is 0 Å². The van der Waals surface area contributed by atoms with Crippen molar-refractivity contribution in [3.63, 3.8) is 0 Å². The van der Waals surface area contributed by atoms with Crippen molar-refractivity contribution in [2.24, 2.45) is 0 Å². The van der Waals surface area contributed by atoms with Gasteiger partial charge in [-0.1, -0.05) is 25.1 Å². The molecule has 0 fully saturated rings. The Bertz CT molecular complexity index is 718. The molecule has 0 spiro atoms. The topological polar surface area (TPSA) is 50.9 Å². The highest BCUT2D eigenvalue weighted by molar-refractivity contribution is 5.71. The van der Waals surface area contributed by atoms with E-state index < -0.39 is 0 Å². The maximum absolute atomic E-state index is 9.89. The van der Waals surface area contributed by atoms with Crippen LogP contribution in [0.2, 0.25) is 0 Å². The van der Waals surface area contributed by atoms with Crippen molar-refractivity contribution in [3.05, 3.63) is 54.0 Å². The number of rotatable bonds is 3. The summed E-state index contributed by atoms with van der Waals surface area (Å²) in [7, 11) is 0. The Labute approximate surface area is 111 Å². The number of aromatic nitrogens is 3. The van der Waals surface area contributed by atoms with Crippen molar-refractivity contribution in [3.8, 4) is 5.75 Å². The van der Waals surface area contributed by atoms with Gasteiger partial charge in [0.2, 0.25) is 0 Å². The molecule has 0 unspecified atom stereocenters. The molecule has 0 bridgehead atoms. The lowest BCUT2D eigenvalue weighted by Gasteiger charge is -2.09. The van der Waals surface area contributed by atoms with Gasteiger partial charge in [-0.05, 0) is 18.2 Å². The number of phenols is 1. The average molecular weight is 253 g/mol. The van der Waals surface area contributed by atoms with Crippen molar-refractivity contribution in [1.82, 2.24) is 14.5 Å². The smallest absolute Gasteiger partial charge is 0.160 e. The number of phenolic OH excluding ortho intramolecular Hbond substituents is 1. The van der Waals surface area contributed by atoms with Crippen molar-refractivity contribution in [2.75, 3.05) is 0 Å². The standard InChI is InChI=1S/C15H15N3O/c1-2-14-17-12-7-5-9-16-15(12)18(14)10-11-6-3-4-8-13(11)19/h3-9,19H,2,10H2,1H3. The van der Waals surface area contributed by atoms with Crippen LogP contribution in [0.1, 0.15) is 18.3 Å². The van der Waals surface area contributed by atoms with Crippen LogP contribution in [-0.2, 0) is 13.0 Å². The molecule has 0 aliphatic rings. The zero-order valence-electron chi connectivity index (χ0n) is 10.7.